The lowest BCUT2D eigenvalue weighted by Crippen LogP contribution is -2.28. The molecule has 0 radical (unpaired) electrons. The smallest absolute Gasteiger partial charge is 0.313 e. The van der Waals surface area contributed by atoms with Gasteiger partial charge in [-0.15, -0.1) is 0 Å². The van der Waals surface area contributed by atoms with Gasteiger partial charge in [0.2, 0.25) is 0 Å². The molecule has 0 aliphatic carbocycles. The highest BCUT2D eigenvalue weighted by Crippen LogP contribution is 2.28. The van der Waals surface area contributed by atoms with E-state index in [0.29, 0.717) is 0 Å². The summed E-state index contributed by atoms with van der Waals surface area (Å²) in [4.78, 5) is 11.2. The Balaban J connectivity index is 2.46. The molecule has 0 saturated carbocycles. The monoisotopic (exact) mass is 230 g/mol. The van der Waals surface area contributed by atoms with Crippen molar-refractivity contribution in [3.05, 3.63) is 48.4 Å². The molecule has 1 aromatic carbocycles. The predicted molar refractivity (Wildman–Crippen MR) is 64.8 cm³/mol. The van der Waals surface area contributed by atoms with Crippen molar-refractivity contribution >= 4 is 5.97 Å². The molecule has 0 aliphatic rings. The van der Waals surface area contributed by atoms with Crippen LogP contribution in [0.5, 0.6) is 0 Å². The van der Waals surface area contributed by atoms with Crippen LogP contribution in [-0.4, -0.2) is 11.1 Å². The molecule has 17 heavy (non-hydrogen) atoms. The maximum absolute atomic E-state index is 11.2. The zero-order valence-electron chi connectivity index (χ0n) is 9.81. The number of carboxylic acids is 1. The van der Waals surface area contributed by atoms with Crippen molar-refractivity contribution in [1.29, 1.82) is 0 Å². The third kappa shape index (κ3) is 2.09. The summed E-state index contributed by atoms with van der Waals surface area (Å²) in [6, 6.07) is 9.37. The van der Waals surface area contributed by atoms with Gasteiger partial charge in [0.25, 0.3) is 0 Å². The maximum atomic E-state index is 11.2. The number of benzene rings is 1. The second-order valence-corrected chi connectivity index (χ2v) is 4.52. The molecule has 0 saturated heterocycles. The van der Waals surface area contributed by atoms with Gasteiger partial charge < -0.3 is 9.52 Å². The van der Waals surface area contributed by atoms with Gasteiger partial charge in [-0.05, 0) is 37.1 Å². The van der Waals surface area contributed by atoms with E-state index in [1.807, 2.05) is 30.3 Å². The second-order valence-electron chi connectivity index (χ2n) is 4.52. The van der Waals surface area contributed by atoms with Crippen LogP contribution >= 0.6 is 0 Å². The molecule has 0 atom stereocenters. The van der Waals surface area contributed by atoms with Gasteiger partial charge in [0.05, 0.1) is 17.9 Å². The summed E-state index contributed by atoms with van der Waals surface area (Å²) >= 11 is 0. The molecule has 3 nitrogen and oxygen atoms in total. The summed E-state index contributed by atoms with van der Waals surface area (Å²) in [6.07, 6.45) is 3.25. The SMILES string of the molecule is CC(C)(C(=O)O)c1cccc(-c2ccoc2)c1. The fourth-order valence-corrected chi connectivity index (χ4v) is 1.64. The van der Waals surface area contributed by atoms with Crippen molar-refractivity contribution in [2.24, 2.45) is 0 Å². The molecule has 1 aromatic heterocycles. The largest absolute Gasteiger partial charge is 0.481 e. The zero-order chi connectivity index (χ0) is 12.5. The minimum atomic E-state index is -0.889. The fraction of sp³-hybridized carbons (Fsp3) is 0.214. The highest BCUT2D eigenvalue weighted by atomic mass is 16.4. The number of aliphatic carboxylic acids is 1. The van der Waals surface area contributed by atoms with E-state index in [9.17, 15) is 9.90 Å². The first-order valence-corrected chi connectivity index (χ1v) is 5.38. The molecule has 0 spiro atoms. The lowest BCUT2D eigenvalue weighted by molar-refractivity contribution is -0.142. The van der Waals surface area contributed by atoms with Crippen LogP contribution in [0.4, 0.5) is 0 Å². The van der Waals surface area contributed by atoms with Crippen molar-refractivity contribution < 1.29 is 14.3 Å². The second kappa shape index (κ2) is 4.09. The Bertz CT molecular complexity index is 524. The lowest BCUT2D eigenvalue weighted by atomic mass is 9.83. The van der Waals surface area contributed by atoms with Gasteiger partial charge in [0, 0.05) is 5.56 Å². The topological polar surface area (TPSA) is 50.4 Å². The molecule has 0 fully saturated rings. The lowest BCUT2D eigenvalue weighted by Gasteiger charge is -2.20. The fourth-order valence-electron chi connectivity index (χ4n) is 1.64. The van der Waals surface area contributed by atoms with E-state index < -0.39 is 11.4 Å². The normalized spacial score (nSPS) is 11.4. The minimum absolute atomic E-state index is 0.781. The van der Waals surface area contributed by atoms with Gasteiger partial charge in [-0.25, -0.2) is 0 Å². The Kier molecular flexibility index (Phi) is 2.76. The quantitative estimate of drug-likeness (QED) is 0.880. The van der Waals surface area contributed by atoms with Gasteiger partial charge in [-0.3, -0.25) is 4.79 Å². The first-order chi connectivity index (χ1) is 8.01. The van der Waals surface area contributed by atoms with Crippen LogP contribution in [0, 0.1) is 0 Å². The molecule has 2 rings (SSSR count). The van der Waals surface area contributed by atoms with Crippen molar-refractivity contribution in [3.8, 4) is 11.1 Å². The molecule has 1 N–H and O–H groups in total. The molecule has 88 valence electrons. The Morgan fingerprint density at radius 3 is 2.59 bits per heavy atom. The van der Waals surface area contributed by atoms with Gasteiger partial charge in [-0.2, -0.15) is 0 Å². The summed E-state index contributed by atoms with van der Waals surface area (Å²) in [7, 11) is 0. The molecule has 0 unspecified atom stereocenters. The van der Waals surface area contributed by atoms with Crippen LogP contribution in [-0.2, 0) is 10.2 Å². The standard InChI is InChI=1S/C14H14O3/c1-14(2,13(15)16)12-5-3-4-10(8-12)11-6-7-17-9-11/h3-9H,1-2H3,(H,15,16). The van der Waals surface area contributed by atoms with E-state index in [2.05, 4.69) is 0 Å². The van der Waals surface area contributed by atoms with Crippen LogP contribution in [0.3, 0.4) is 0 Å². The highest BCUT2D eigenvalue weighted by molar-refractivity contribution is 5.81. The maximum Gasteiger partial charge on any atom is 0.313 e. The van der Waals surface area contributed by atoms with Crippen LogP contribution in [0.25, 0.3) is 11.1 Å². The molecule has 1 heterocycles. The average molecular weight is 230 g/mol. The van der Waals surface area contributed by atoms with Crippen molar-refractivity contribution in [2.75, 3.05) is 0 Å². The number of hydrogen-bond acceptors (Lipinski definition) is 2. The highest BCUT2D eigenvalue weighted by Gasteiger charge is 2.29. The van der Waals surface area contributed by atoms with E-state index in [1.54, 1.807) is 26.4 Å². The van der Waals surface area contributed by atoms with Crippen molar-refractivity contribution in [1.82, 2.24) is 0 Å². The molecular formula is C14H14O3. The van der Waals surface area contributed by atoms with Crippen LogP contribution < -0.4 is 0 Å². The van der Waals surface area contributed by atoms with E-state index in [1.165, 1.54) is 0 Å². The van der Waals surface area contributed by atoms with Crippen molar-refractivity contribution in [3.63, 3.8) is 0 Å². The molecule has 3 heteroatoms. The van der Waals surface area contributed by atoms with Gasteiger partial charge >= 0.3 is 5.97 Å². The Morgan fingerprint density at radius 1 is 1.24 bits per heavy atom. The number of rotatable bonds is 3. The van der Waals surface area contributed by atoms with Crippen molar-refractivity contribution in [2.45, 2.75) is 19.3 Å². The summed E-state index contributed by atoms with van der Waals surface area (Å²) in [5.41, 5.74) is 1.81. The van der Waals surface area contributed by atoms with E-state index in [-0.39, 0.29) is 0 Å². The third-order valence-electron chi connectivity index (χ3n) is 2.97. The Hall–Kier alpha value is -2.03. The summed E-state index contributed by atoms with van der Waals surface area (Å²) in [5, 5.41) is 9.20. The predicted octanol–water partition coefficient (Wildman–Crippen LogP) is 3.31. The first-order valence-electron chi connectivity index (χ1n) is 5.38. The van der Waals surface area contributed by atoms with Crippen LogP contribution in [0.15, 0.2) is 47.3 Å². The van der Waals surface area contributed by atoms with E-state index in [4.69, 9.17) is 4.42 Å². The average Bonchev–Trinajstić information content (AvgIpc) is 2.82. The molecule has 2 aromatic rings. The Morgan fingerprint density at radius 2 is 2.00 bits per heavy atom. The molecule has 0 aliphatic heterocycles. The third-order valence-corrected chi connectivity index (χ3v) is 2.97. The number of hydrogen-bond donors (Lipinski definition) is 1. The van der Waals surface area contributed by atoms with Gasteiger partial charge in [0.15, 0.2) is 0 Å². The molecule has 0 amide bonds. The van der Waals surface area contributed by atoms with E-state index in [0.717, 1.165) is 16.7 Å². The number of carboxylic acid groups (broad SMARTS) is 1. The first kappa shape index (κ1) is 11.5. The molecular weight excluding hydrogens is 216 g/mol. The van der Waals surface area contributed by atoms with E-state index >= 15 is 0 Å². The summed E-state index contributed by atoms with van der Waals surface area (Å²) in [6.45, 7) is 3.40. The van der Waals surface area contributed by atoms with Gasteiger partial charge in [-0.1, -0.05) is 18.2 Å². The number of carbonyl (C=O) groups is 1. The van der Waals surface area contributed by atoms with Gasteiger partial charge in [0.1, 0.15) is 0 Å². The molecule has 0 bridgehead atoms. The zero-order valence-corrected chi connectivity index (χ0v) is 9.81. The van der Waals surface area contributed by atoms with Crippen LogP contribution in [0.1, 0.15) is 19.4 Å². The number of furan rings is 1. The van der Waals surface area contributed by atoms with Crippen LogP contribution in [0.2, 0.25) is 0 Å². The minimum Gasteiger partial charge on any atom is -0.481 e. The summed E-state index contributed by atoms with van der Waals surface area (Å²) in [5.74, 6) is -0.832. The Labute approximate surface area is 99.7 Å². The summed E-state index contributed by atoms with van der Waals surface area (Å²) < 4.78 is 5.03.